The van der Waals surface area contributed by atoms with E-state index in [0.717, 1.165) is 33.5 Å². The number of anilines is 1. The molecule has 48 heavy (non-hydrogen) atoms. The number of rotatable bonds is 5. The molecule has 3 aromatic heterocycles. The Kier molecular flexibility index (Phi) is 6.79. The minimum Gasteiger partial charge on any atom is -0.383 e. The van der Waals surface area contributed by atoms with Crippen LogP contribution < -0.4 is 10.3 Å². The number of hydrogen-bond acceptors (Lipinski definition) is 6. The van der Waals surface area contributed by atoms with Gasteiger partial charge in [0.05, 0.1) is 0 Å². The Bertz CT molecular complexity index is 2290. The fraction of sp³-hybridized carbons (Fsp3) is 0. The van der Waals surface area contributed by atoms with E-state index in [-0.39, 0.29) is 6.85 Å². The summed E-state index contributed by atoms with van der Waals surface area (Å²) in [5, 5.41) is 0. The van der Waals surface area contributed by atoms with Crippen LogP contribution in [0.15, 0.2) is 164 Å². The summed E-state index contributed by atoms with van der Waals surface area (Å²) in [6.45, 7) is 0.0373. The first-order valence-corrected chi connectivity index (χ1v) is 15.9. The maximum absolute atomic E-state index is 5.04. The first-order valence-electron chi connectivity index (χ1n) is 15.9. The Morgan fingerprint density at radius 3 is 1.75 bits per heavy atom. The van der Waals surface area contributed by atoms with E-state index < -0.39 is 0 Å². The van der Waals surface area contributed by atoms with Crippen molar-refractivity contribution >= 4 is 18.0 Å². The third kappa shape index (κ3) is 4.89. The zero-order chi connectivity index (χ0) is 31.9. The van der Waals surface area contributed by atoms with Crippen LogP contribution in [0.3, 0.4) is 0 Å². The highest BCUT2D eigenvalue weighted by Crippen LogP contribution is 2.46. The van der Waals surface area contributed by atoms with Crippen LogP contribution >= 0.6 is 0 Å². The van der Waals surface area contributed by atoms with Gasteiger partial charge in [0.25, 0.3) is 0 Å². The molecule has 224 valence electrons. The SMILES string of the molecule is C1=CB2c3cc(-c4ccccc4)ccc3-c3c(-c4ccccc4)cc(-c4nc(-c5cccnc5)nc(-c5cccnc5)n4)cc3N2C=C1. The third-order valence-electron chi connectivity index (χ3n) is 8.91. The van der Waals surface area contributed by atoms with Crippen molar-refractivity contribution in [2.45, 2.75) is 0 Å². The highest BCUT2D eigenvalue weighted by molar-refractivity contribution is 6.84. The van der Waals surface area contributed by atoms with Crippen LogP contribution in [-0.2, 0) is 0 Å². The van der Waals surface area contributed by atoms with Crippen LogP contribution in [0.25, 0.3) is 67.5 Å². The Hall–Kier alpha value is -6.47. The quantitative estimate of drug-likeness (QED) is 0.182. The van der Waals surface area contributed by atoms with Gasteiger partial charge in [-0.3, -0.25) is 9.97 Å². The summed E-state index contributed by atoms with van der Waals surface area (Å²) in [6.07, 6.45) is 13.5. The molecular formula is C41H27BN6. The van der Waals surface area contributed by atoms with Crippen molar-refractivity contribution in [3.05, 3.63) is 164 Å². The molecule has 0 amide bonds. The van der Waals surface area contributed by atoms with E-state index in [2.05, 4.69) is 130 Å². The van der Waals surface area contributed by atoms with E-state index in [4.69, 9.17) is 15.0 Å². The molecule has 6 nitrogen and oxygen atoms in total. The Labute approximate surface area is 279 Å². The van der Waals surface area contributed by atoms with Gasteiger partial charge in [-0.1, -0.05) is 90.9 Å². The van der Waals surface area contributed by atoms with Crippen molar-refractivity contribution in [2.75, 3.05) is 4.81 Å². The molecule has 0 unspecified atom stereocenters. The molecule has 0 fully saturated rings. The van der Waals surface area contributed by atoms with Crippen molar-refractivity contribution < 1.29 is 0 Å². The van der Waals surface area contributed by atoms with Crippen LogP contribution in [0.2, 0.25) is 0 Å². The van der Waals surface area contributed by atoms with Gasteiger partial charge in [-0.25, -0.2) is 15.0 Å². The van der Waals surface area contributed by atoms with Crippen molar-refractivity contribution in [2.24, 2.45) is 0 Å². The lowest BCUT2D eigenvalue weighted by molar-refractivity contribution is 1.07. The molecule has 0 saturated heterocycles. The topological polar surface area (TPSA) is 67.7 Å². The Balaban J connectivity index is 1.30. The zero-order valence-corrected chi connectivity index (χ0v) is 25.8. The average Bonchev–Trinajstić information content (AvgIpc) is 3.18. The molecule has 2 aliphatic heterocycles. The van der Waals surface area contributed by atoms with Crippen molar-refractivity contribution in [3.63, 3.8) is 0 Å². The lowest BCUT2D eigenvalue weighted by Crippen LogP contribution is -2.49. The minimum atomic E-state index is 0.0373. The number of pyridine rings is 2. The Morgan fingerprint density at radius 2 is 1.10 bits per heavy atom. The number of nitrogens with zero attached hydrogens (tertiary/aromatic N) is 6. The van der Waals surface area contributed by atoms with Crippen LogP contribution in [0.5, 0.6) is 0 Å². The molecule has 9 rings (SSSR count). The number of aromatic nitrogens is 5. The van der Waals surface area contributed by atoms with Gasteiger partial charge in [-0.05, 0) is 82.0 Å². The lowest BCUT2D eigenvalue weighted by Gasteiger charge is -2.38. The van der Waals surface area contributed by atoms with E-state index in [1.54, 1.807) is 24.8 Å². The Morgan fingerprint density at radius 1 is 0.479 bits per heavy atom. The third-order valence-corrected chi connectivity index (χ3v) is 8.91. The molecular weight excluding hydrogens is 587 g/mol. The molecule has 0 bridgehead atoms. The summed E-state index contributed by atoms with van der Waals surface area (Å²) in [5.41, 5.74) is 12.0. The fourth-order valence-corrected chi connectivity index (χ4v) is 6.67. The minimum absolute atomic E-state index is 0.0373. The van der Waals surface area contributed by atoms with Crippen molar-refractivity contribution in [1.29, 1.82) is 0 Å². The number of fused-ring (bicyclic) bond motifs is 6. The van der Waals surface area contributed by atoms with Crippen LogP contribution in [0, 0.1) is 0 Å². The first-order chi connectivity index (χ1) is 23.8. The second-order valence-corrected chi connectivity index (χ2v) is 11.8. The van der Waals surface area contributed by atoms with E-state index in [1.807, 2.05) is 24.3 Å². The standard InChI is InChI=1S/C41H27BN6/c1-3-11-28(12-4-1)30-17-18-34-36(24-30)42-19-7-8-22-48(42)37-25-33(23-35(38(34)37)29-13-5-2-6-14-29)41-46-39(31-15-9-20-43-26-31)45-40(47-41)32-16-10-21-44-27-32/h1-27H. The number of hydrogen-bond donors (Lipinski definition) is 0. The predicted octanol–water partition coefficient (Wildman–Crippen LogP) is 8.30. The highest BCUT2D eigenvalue weighted by atomic mass is 15.1. The second-order valence-electron chi connectivity index (χ2n) is 11.8. The van der Waals surface area contributed by atoms with Gasteiger partial charge in [0.2, 0.25) is 0 Å². The summed E-state index contributed by atoms with van der Waals surface area (Å²) in [4.78, 5) is 26.0. The maximum atomic E-state index is 5.04. The average molecular weight is 615 g/mol. The molecule has 2 aliphatic rings. The zero-order valence-electron chi connectivity index (χ0n) is 25.8. The van der Waals surface area contributed by atoms with Crippen LogP contribution in [0.1, 0.15) is 0 Å². The number of benzene rings is 4. The van der Waals surface area contributed by atoms with Gasteiger partial charge in [0, 0.05) is 52.7 Å². The normalized spacial score (nSPS) is 12.8. The van der Waals surface area contributed by atoms with E-state index in [9.17, 15) is 0 Å². The summed E-state index contributed by atoms with van der Waals surface area (Å²) in [6, 6.07) is 40.2. The van der Waals surface area contributed by atoms with Gasteiger partial charge in [0.1, 0.15) is 0 Å². The van der Waals surface area contributed by atoms with E-state index in [1.165, 1.54) is 27.7 Å². The van der Waals surface area contributed by atoms with Gasteiger partial charge in [-0.2, -0.15) is 0 Å². The molecule has 0 saturated carbocycles. The molecule has 7 aromatic rings. The highest BCUT2D eigenvalue weighted by Gasteiger charge is 2.35. The van der Waals surface area contributed by atoms with Crippen molar-refractivity contribution in [3.8, 4) is 67.5 Å². The van der Waals surface area contributed by atoms with Gasteiger partial charge in [-0.15, -0.1) is 0 Å². The molecule has 0 spiro atoms. The summed E-state index contributed by atoms with van der Waals surface area (Å²) >= 11 is 0. The molecule has 7 heteroatoms. The van der Waals surface area contributed by atoms with E-state index in [0.29, 0.717) is 17.5 Å². The smallest absolute Gasteiger partial charge is 0.320 e. The van der Waals surface area contributed by atoms with Crippen LogP contribution in [-0.4, -0.2) is 31.8 Å². The van der Waals surface area contributed by atoms with Crippen LogP contribution in [0.4, 0.5) is 5.69 Å². The molecule has 0 N–H and O–H groups in total. The second kappa shape index (κ2) is 11.7. The maximum Gasteiger partial charge on any atom is 0.320 e. The fourth-order valence-electron chi connectivity index (χ4n) is 6.67. The molecule has 0 atom stereocenters. The summed E-state index contributed by atoms with van der Waals surface area (Å²) in [5.74, 6) is 3.97. The van der Waals surface area contributed by atoms with Crippen molar-refractivity contribution in [1.82, 2.24) is 24.9 Å². The lowest BCUT2D eigenvalue weighted by atomic mass is 9.49. The largest absolute Gasteiger partial charge is 0.383 e. The van der Waals surface area contributed by atoms with Gasteiger partial charge in [0.15, 0.2) is 17.5 Å². The molecule has 5 heterocycles. The predicted molar refractivity (Wildman–Crippen MR) is 194 cm³/mol. The van der Waals surface area contributed by atoms with E-state index >= 15 is 0 Å². The molecule has 4 aromatic carbocycles. The summed E-state index contributed by atoms with van der Waals surface area (Å²) in [7, 11) is 0. The monoisotopic (exact) mass is 614 g/mol. The molecule has 0 aliphatic carbocycles. The van der Waals surface area contributed by atoms with Gasteiger partial charge < -0.3 is 4.81 Å². The number of allylic oxidation sites excluding steroid dienone is 2. The first kappa shape index (κ1) is 27.8. The van der Waals surface area contributed by atoms with Gasteiger partial charge >= 0.3 is 6.85 Å². The summed E-state index contributed by atoms with van der Waals surface area (Å²) < 4.78 is 0. The molecule has 0 radical (unpaired) electrons.